The molecule has 1 unspecified atom stereocenters. The molecule has 1 heterocycles. The minimum absolute atomic E-state index is 0.104. The van der Waals surface area contributed by atoms with Gasteiger partial charge in [0.25, 0.3) is 0 Å². The summed E-state index contributed by atoms with van der Waals surface area (Å²) in [4.78, 5) is 11.5. The van der Waals surface area contributed by atoms with Gasteiger partial charge in [0.1, 0.15) is 0 Å². The highest BCUT2D eigenvalue weighted by atomic mass is 16.5. The Balaban J connectivity index is 2.96. The third kappa shape index (κ3) is 2.61. The minimum Gasteiger partial charge on any atom is -0.469 e. The molecule has 2 N–H and O–H groups in total. The lowest BCUT2D eigenvalue weighted by molar-refractivity contribution is -0.142. The molecule has 0 fully saturated rings. The lowest BCUT2D eigenvalue weighted by Gasteiger charge is -2.19. The van der Waals surface area contributed by atoms with Crippen molar-refractivity contribution >= 4 is 5.97 Å². The van der Waals surface area contributed by atoms with E-state index in [0.29, 0.717) is 0 Å². The molecule has 0 aromatic carbocycles. The normalized spacial score (nSPS) is 13.6. The van der Waals surface area contributed by atoms with E-state index in [9.17, 15) is 4.79 Å². The summed E-state index contributed by atoms with van der Waals surface area (Å²) in [5.41, 5.74) is 6.25. The second-order valence-electron chi connectivity index (χ2n) is 4.70. The van der Waals surface area contributed by atoms with Crippen LogP contribution in [0.5, 0.6) is 0 Å². The van der Waals surface area contributed by atoms with Crippen molar-refractivity contribution in [2.45, 2.75) is 32.2 Å². The number of carbonyl (C=O) groups is 1. The highest BCUT2D eigenvalue weighted by Crippen LogP contribution is 2.19. The van der Waals surface area contributed by atoms with Gasteiger partial charge in [-0.1, -0.05) is 0 Å². The van der Waals surface area contributed by atoms with Gasteiger partial charge in [-0.05, 0) is 20.8 Å². The number of carbonyl (C=O) groups excluding carboxylic acids is 1. The number of aromatic nitrogens is 2. The number of nitrogens with two attached hydrogens (primary N) is 1. The summed E-state index contributed by atoms with van der Waals surface area (Å²) in [5, 5.41) is 4.23. The summed E-state index contributed by atoms with van der Waals surface area (Å²) >= 11 is 0. The monoisotopic (exact) mass is 225 g/mol. The molecule has 1 aromatic heterocycles. The average Bonchev–Trinajstić information content (AvgIpc) is 2.67. The first-order valence-electron chi connectivity index (χ1n) is 5.23. The van der Waals surface area contributed by atoms with E-state index in [-0.39, 0.29) is 18.1 Å². The quantitative estimate of drug-likeness (QED) is 0.774. The van der Waals surface area contributed by atoms with Crippen molar-refractivity contribution in [3.63, 3.8) is 0 Å². The van der Waals surface area contributed by atoms with Gasteiger partial charge in [-0.15, -0.1) is 0 Å². The van der Waals surface area contributed by atoms with E-state index in [1.807, 2.05) is 31.6 Å². The van der Waals surface area contributed by atoms with Crippen molar-refractivity contribution < 1.29 is 9.53 Å². The molecule has 5 heteroatoms. The van der Waals surface area contributed by atoms with E-state index in [1.165, 1.54) is 7.11 Å². The molecule has 5 nitrogen and oxygen atoms in total. The highest BCUT2D eigenvalue weighted by molar-refractivity contribution is 5.78. The van der Waals surface area contributed by atoms with Crippen molar-refractivity contribution in [3.05, 3.63) is 18.0 Å². The Kier molecular flexibility index (Phi) is 3.70. The maximum absolute atomic E-state index is 11.5. The largest absolute Gasteiger partial charge is 0.469 e. The fourth-order valence-corrected chi connectivity index (χ4v) is 1.39. The van der Waals surface area contributed by atoms with Crippen LogP contribution in [0.3, 0.4) is 0 Å². The first-order chi connectivity index (χ1) is 7.40. The van der Waals surface area contributed by atoms with Crippen LogP contribution in [0.25, 0.3) is 0 Å². The van der Waals surface area contributed by atoms with Gasteiger partial charge < -0.3 is 10.5 Å². The second kappa shape index (κ2) is 4.65. The van der Waals surface area contributed by atoms with E-state index >= 15 is 0 Å². The topological polar surface area (TPSA) is 70.1 Å². The van der Waals surface area contributed by atoms with Crippen molar-refractivity contribution in [2.75, 3.05) is 13.7 Å². The van der Waals surface area contributed by atoms with Crippen LogP contribution in [0, 0.1) is 0 Å². The zero-order valence-corrected chi connectivity index (χ0v) is 10.2. The molecular formula is C11H19N3O2. The Morgan fingerprint density at radius 1 is 1.62 bits per heavy atom. The van der Waals surface area contributed by atoms with Crippen LogP contribution >= 0.6 is 0 Å². The summed E-state index contributed by atoms with van der Waals surface area (Å²) in [5.74, 6) is -0.753. The predicted octanol–water partition coefficient (Wildman–Crippen LogP) is 0.853. The smallest absolute Gasteiger partial charge is 0.314 e. The molecule has 0 radical (unpaired) electrons. The molecule has 90 valence electrons. The van der Waals surface area contributed by atoms with Gasteiger partial charge in [-0.3, -0.25) is 9.48 Å². The Hall–Kier alpha value is -1.36. The van der Waals surface area contributed by atoms with Crippen molar-refractivity contribution in [2.24, 2.45) is 5.73 Å². The van der Waals surface area contributed by atoms with Gasteiger partial charge in [0, 0.05) is 18.3 Å². The fraction of sp³-hybridized carbons (Fsp3) is 0.636. The summed E-state index contributed by atoms with van der Waals surface area (Å²) in [7, 11) is 1.36. The molecule has 0 aliphatic carbocycles. The third-order valence-electron chi connectivity index (χ3n) is 2.41. The number of hydrogen-bond donors (Lipinski definition) is 1. The summed E-state index contributed by atoms with van der Waals surface area (Å²) in [6.07, 6.45) is 3.51. The number of nitrogens with zero attached hydrogens (tertiary/aromatic N) is 2. The van der Waals surface area contributed by atoms with E-state index in [0.717, 1.165) is 5.56 Å². The van der Waals surface area contributed by atoms with E-state index in [1.54, 1.807) is 6.20 Å². The summed E-state index contributed by atoms with van der Waals surface area (Å²) in [6.45, 7) is 6.35. The molecule has 1 atom stereocenters. The summed E-state index contributed by atoms with van der Waals surface area (Å²) < 4.78 is 6.51. The lowest BCUT2D eigenvalue weighted by atomic mass is 10.0. The SMILES string of the molecule is COC(=O)C(CN)c1cnn(C(C)(C)C)c1. The molecule has 0 bridgehead atoms. The molecule has 0 spiro atoms. The first-order valence-corrected chi connectivity index (χ1v) is 5.23. The molecular weight excluding hydrogens is 206 g/mol. The number of ether oxygens (including phenoxy) is 1. The molecule has 16 heavy (non-hydrogen) atoms. The van der Waals surface area contributed by atoms with Crippen LogP contribution in [0.4, 0.5) is 0 Å². The third-order valence-corrected chi connectivity index (χ3v) is 2.41. The number of esters is 1. The van der Waals surface area contributed by atoms with Crippen LogP contribution in [0.2, 0.25) is 0 Å². The van der Waals surface area contributed by atoms with E-state index in [4.69, 9.17) is 10.5 Å². The standard InChI is InChI=1S/C11H19N3O2/c1-11(2,3)14-7-8(6-13-14)9(5-12)10(15)16-4/h6-7,9H,5,12H2,1-4H3. The average molecular weight is 225 g/mol. The predicted molar refractivity (Wildman–Crippen MR) is 61.0 cm³/mol. The van der Waals surface area contributed by atoms with Crippen molar-refractivity contribution in [3.8, 4) is 0 Å². The lowest BCUT2D eigenvalue weighted by Crippen LogP contribution is -2.24. The zero-order chi connectivity index (χ0) is 12.3. The Bertz CT molecular complexity index is 366. The number of rotatable bonds is 3. The maximum Gasteiger partial charge on any atom is 0.314 e. The van der Waals surface area contributed by atoms with Crippen LogP contribution in [0.1, 0.15) is 32.3 Å². The van der Waals surface area contributed by atoms with Crippen LogP contribution in [0.15, 0.2) is 12.4 Å². The van der Waals surface area contributed by atoms with Gasteiger partial charge in [0.2, 0.25) is 0 Å². The highest BCUT2D eigenvalue weighted by Gasteiger charge is 2.23. The molecule has 0 amide bonds. The van der Waals surface area contributed by atoms with E-state index in [2.05, 4.69) is 5.10 Å². The number of hydrogen-bond acceptors (Lipinski definition) is 4. The van der Waals surface area contributed by atoms with Gasteiger partial charge >= 0.3 is 5.97 Å². The molecule has 0 saturated carbocycles. The summed E-state index contributed by atoms with van der Waals surface area (Å²) in [6, 6.07) is 0. The molecule has 0 aliphatic heterocycles. The number of methoxy groups -OCH3 is 1. The Morgan fingerprint density at radius 2 is 2.25 bits per heavy atom. The van der Waals surface area contributed by atoms with Gasteiger partial charge in [0.05, 0.1) is 24.8 Å². The van der Waals surface area contributed by atoms with Crippen molar-refractivity contribution in [1.29, 1.82) is 0 Å². The second-order valence-corrected chi connectivity index (χ2v) is 4.70. The fourth-order valence-electron chi connectivity index (χ4n) is 1.39. The van der Waals surface area contributed by atoms with Crippen LogP contribution in [-0.4, -0.2) is 29.4 Å². The van der Waals surface area contributed by atoms with Crippen LogP contribution in [-0.2, 0) is 15.1 Å². The van der Waals surface area contributed by atoms with Crippen molar-refractivity contribution in [1.82, 2.24) is 9.78 Å². The Labute approximate surface area is 95.6 Å². The molecule has 0 aliphatic rings. The minimum atomic E-state index is -0.430. The molecule has 0 saturated heterocycles. The van der Waals surface area contributed by atoms with Gasteiger partial charge in [-0.2, -0.15) is 5.10 Å². The first kappa shape index (κ1) is 12.7. The zero-order valence-electron chi connectivity index (χ0n) is 10.2. The van der Waals surface area contributed by atoms with Crippen LogP contribution < -0.4 is 5.73 Å². The Morgan fingerprint density at radius 3 is 2.62 bits per heavy atom. The maximum atomic E-state index is 11.5. The molecule has 1 rings (SSSR count). The van der Waals surface area contributed by atoms with Gasteiger partial charge in [-0.25, -0.2) is 0 Å². The van der Waals surface area contributed by atoms with E-state index < -0.39 is 5.92 Å². The molecule has 1 aromatic rings. The van der Waals surface area contributed by atoms with Gasteiger partial charge in [0.15, 0.2) is 0 Å².